The highest BCUT2D eigenvalue weighted by atomic mass is 32.2. The van der Waals surface area contributed by atoms with E-state index in [4.69, 9.17) is 0 Å². The first-order valence-electron chi connectivity index (χ1n) is 5.62. The van der Waals surface area contributed by atoms with Crippen molar-refractivity contribution >= 4 is 11.8 Å². The lowest BCUT2D eigenvalue weighted by molar-refractivity contribution is 0.608. The van der Waals surface area contributed by atoms with Crippen LogP contribution in [0.15, 0.2) is 18.2 Å². The molecule has 1 aromatic carbocycles. The van der Waals surface area contributed by atoms with Crippen molar-refractivity contribution in [2.45, 2.75) is 32.1 Å². The van der Waals surface area contributed by atoms with Crippen molar-refractivity contribution in [1.82, 2.24) is 5.32 Å². The van der Waals surface area contributed by atoms with Crippen LogP contribution in [0.5, 0.6) is 0 Å². The van der Waals surface area contributed by atoms with Crippen LogP contribution < -0.4 is 5.32 Å². The van der Waals surface area contributed by atoms with Gasteiger partial charge in [-0.15, -0.1) is 0 Å². The molecule has 1 rings (SSSR count). The van der Waals surface area contributed by atoms with Crippen molar-refractivity contribution in [3.8, 4) is 0 Å². The number of hydrogen-bond donors (Lipinski definition) is 1. The van der Waals surface area contributed by atoms with E-state index in [1.807, 2.05) is 23.9 Å². The van der Waals surface area contributed by atoms with Gasteiger partial charge in [0.1, 0.15) is 5.82 Å². The van der Waals surface area contributed by atoms with Gasteiger partial charge in [0.2, 0.25) is 0 Å². The van der Waals surface area contributed by atoms with Gasteiger partial charge in [-0.1, -0.05) is 19.1 Å². The fraction of sp³-hybridized carbons (Fsp3) is 0.538. The van der Waals surface area contributed by atoms with Crippen LogP contribution in [0.3, 0.4) is 0 Å². The van der Waals surface area contributed by atoms with Crippen molar-refractivity contribution in [3.63, 3.8) is 0 Å². The molecule has 1 atom stereocenters. The zero-order valence-electron chi connectivity index (χ0n) is 10.2. The summed E-state index contributed by atoms with van der Waals surface area (Å²) in [6.07, 6.45) is 3.27. The fourth-order valence-electron chi connectivity index (χ4n) is 1.40. The summed E-state index contributed by atoms with van der Waals surface area (Å²) in [5.41, 5.74) is 1.72. The van der Waals surface area contributed by atoms with E-state index >= 15 is 0 Å². The van der Waals surface area contributed by atoms with Gasteiger partial charge < -0.3 is 5.32 Å². The van der Waals surface area contributed by atoms with Crippen molar-refractivity contribution in [2.75, 3.05) is 12.8 Å². The van der Waals surface area contributed by atoms with Crippen molar-refractivity contribution in [1.29, 1.82) is 0 Å². The van der Waals surface area contributed by atoms with Gasteiger partial charge in [-0.2, -0.15) is 11.8 Å². The minimum absolute atomic E-state index is 0.114. The standard InChI is InChI=1S/C13H20FNS/c1-10-4-5-12(8-13(10)14)9-15-7-6-11(2)16-3/h4-5,8,11,15H,6-7,9H2,1-3H3. The molecule has 1 nitrogen and oxygen atoms in total. The van der Waals surface area contributed by atoms with Gasteiger partial charge in [0.05, 0.1) is 0 Å². The minimum Gasteiger partial charge on any atom is -0.313 e. The highest BCUT2D eigenvalue weighted by Crippen LogP contribution is 2.10. The van der Waals surface area contributed by atoms with Crippen molar-refractivity contribution in [3.05, 3.63) is 35.1 Å². The van der Waals surface area contributed by atoms with Crippen LogP contribution >= 0.6 is 11.8 Å². The molecule has 0 bridgehead atoms. The Labute approximate surface area is 102 Å². The Morgan fingerprint density at radius 1 is 1.44 bits per heavy atom. The van der Waals surface area contributed by atoms with Crippen molar-refractivity contribution in [2.24, 2.45) is 0 Å². The molecule has 0 saturated carbocycles. The summed E-state index contributed by atoms with van der Waals surface area (Å²) in [6.45, 7) is 5.74. The zero-order chi connectivity index (χ0) is 12.0. The Hall–Kier alpha value is -0.540. The molecule has 0 spiro atoms. The van der Waals surface area contributed by atoms with Gasteiger partial charge >= 0.3 is 0 Å². The van der Waals surface area contributed by atoms with Crippen LogP contribution in [0.1, 0.15) is 24.5 Å². The molecule has 0 amide bonds. The number of benzene rings is 1. The highest BCUT2D eigenvalue weighted by molar-refractivity contribution is 7.99. The number of hydrogen-bond acceptors (Lipinski definition) is 2. The molecule has 0 aliphatic rings. The smallest absolute Gasteiger partial charge is 0.126 e. The van der Waals surface area contributed by atoms with E-state index in [9.17, 15) is 4.39 Å². The summed E-state index contributed by atoms with van der Waals surface area (Å²) in [7, 11) is 0. The van der Waals surface area contributed by atoms with Crippen molar-refractivity contribution < 1.29 is 4.39 Å². The SMILES string of the molecule is CSC(C)CCNCc1ccc(C)c(F)c1. The topological polar surface area (TPSA) is 12.0 Å². The predicted molar refractivity (Wildman–Crippen MR) is 70.4 cm³/mol. The van der Waals surface area contributed by atoms with E-state index in [-0.39, 0.29) is 5.82 Å². The lowest BCUT2D eigenvalue weighted by atomic mass is 10.1. The normalized spacial score (nSPS) is 12.8. The number of aryl methyl sites for hydroxylation is 1. The Balaban J connectivity index is 2.29. The van der Waals surface area contributed by atoms with Gasteiger partial charge in [-0.25, -0.2) is 4.39 Å². The Kier molecular flexibility index (Phi) is 5.85. The molecular weight excluding hydrogens is 221 g/mol. The second kappa shape index (κ2) is 6.92. The number of nitrogens with one attached hydrogen (secondary N) is 1. The average molecular weight is 241 g/mol. The molecule has 1 unspecified atom stereocenters. The van der Waals surface area contributed by atoms with Crippen LogP contribution in [-0.2, 0) is 6.54 Å². The fourth-order valence-corrected chi connectivity index (χ4v) is 1.76. The molecule has 0 saturated heterocycles. The first-order valence-corrected chi connectivity index (χ1v) is 6.91. The molecule has 1 N–H and O–H groups in total. The zero-order valence-corrected chi connectivity index (χ0v) is 11.0. The molecular formula is C13H20FNS. The maximum atomic E-state index is 13.2. The molecule has 0 radical (unpaired) electrons. The summed E-state index contributed by atoms with van der Waals surface area (Å²) in [4.78, 5) is 0. The summed E-state index contributed by atoms with van der Waals surface area (Å²) in [5.74, 6) is -0.114. The lowest BCUT2D eigenvalue weighted by Crippen LogP contribution is -2.17. The van der Waals surface area contributed by atoms with Gasteiger partial charge in [0.15, 0.2) is 0 Å². The van der Waals surface area contributed by atoms with Crippen LogP contribution in [0.4, 0.5) is 4.39 Å². The largest absolute Gasteiger partial charge is 0.313 e. The van der Waals surface area contributed by atoms with Gasteiger partial charge in [-0.05, 0) is 43.3 Å². The Morgan fingerprint density at radius 3 is 2.81 bits per heavy atom. The third-order valence-corrected chi connectivity index (χ3v) is 3.74. The van der Waals surface area contributed by atoms with Crippen LogP contribution in [0.2, 0.25) is 0 Å². The van der Waals surface area contributed by atoms with E-state index < -0.39 is 0 Å². The van der Waals surface area contributed by atoms with E-state index in [2.05, 4.69) is 18.5 Å². The van der Waals surface area contributed by atoms with Crippen LogP contribution in [-0.4, -0.2) is 18.1 Å². The summed E-state index contributed by atoms with van der Waals surface area (Å²) >= 11 is 1.88. The monoisotopic (exact) mass is 241 g/mol. The second-order valence-electron chi connectivity index (χ2n) is 4.10. The van der Waals surface area contributed by atoms with Crippen LogP contribution in [0.25, 0.3) is 0 Å². The van der Waals surface area contributed by atoms with E-state index in [1.54, 1.807) is 13.0 Å². The number of thioether (sulfide) groups is 1. The molecule has 1 aromatic rings. The molecule has 0 heterocycles. The first kappa shape index (κ1) is 13.5. The first-order chi connectivity index (χ1) is 7.63. The van der Waals surface area contributed by atoms with Crippen LogP contribution in [0, 0.1) is 12.7 Å². The molecule has 3 heteroatoms. The summed E-state index contributed by atoms with van der Waals surface area (Å²) in [6, 6.07) is 5.42. The summed E-state index contributed by atoms with van der Waals surface area (Å²) < 4.78 is 13.2. The Bertz CT molecular complexity index is 328. The second-order valence-corrected chi connectivity index (χ2v) is 5.37. The minimum atomic E-state index is -0.114. The van der Waals surface area contributed by atoms with Gasteiger partial charge in [0.25, 0.3) is 0 Å². The van der Waals surface area contributed by atoms with E-state index in [0.29, 0.717) is 10.8 Å². The molecule has 0 aliphatic carbocycles. The predicted octanol–water partition coefficient (Wildman–Crippen LogP) is 3.37. The lowest BCUT2D eigenvalue weighted by Gasteiger charge is -2.09. The maximum absolute atomic E-state index is 13.2. The molecule has 0 fully saturated rings. The third-order valence-electron chi connectivity index (χ3n) is 2.70. The molecule has 0 aromatic heterocycles. The van der Waals surface area contributed by atoms with Gasteiger partial charge in [-0.3, -0.25) is 0 Å². The molecule has 16 heavy (non-hydrogen) atoms. The third kappa shape index (κ3) is 4.54. The van der Waals surface area contributed by atoms with E-state index in [1.165, 1.54) is 0 Å². The molecule has 0 aliphatic heterocycles. The van der Waals surface area contributed by atoms with E-state index in [0.717, 1.165) is 25.1 Å². The Morgan fingerprint density at radius 2 is 2.19 bits per heavy atom. The van der Waals surface area contributed by atoms with Gasteiger partial charge in [0, 0.05) is 11.8 Å². The quantitative estimate of drug-likeness (QED) is 0.766. The number of rotatable bonds is 6. The number of halogens is 1. The molecule has 90 valence electrons. The average Bonchev–Trinajstić information content (AvgIpc) is 2.28. The summed E-state index contributed by atoms with van der Waals surface area (Å²) in [5, 5.41) is 4.02. The maximum Gasteiger partial charge on any atom is 0.126 e. The highest BCUT2D eigenvalue weighted by Gasteiger charge is 2.00.